The molecule has 3 heteroatoms. The van der Waals surface area contributed by atoms with E-state index < -0.39 is 0 Å². The zero-order valence-electron chi connectivity index (χ0n) is 13.3. The Labute approximate surface area is 135 Å². The second-order valence-electron chi connectivity index (χ2n) is 6.43. The van der Waals surface area contributed by atoms with Crippen LogP contribution in [-0.4, -0.2) is 15.8 Å². The molecule has 2 heterocycles. The number of carbonyl (C=O) groups is 1. The molecule has 3 aromatic rings. The predicted molar refractivity (Wildman–Crippen MR) is 91.7 cm³/mol. The van der Waals surface area contributed by atoms with Crippen LogP contribution in [0.15, 0.2) is 42.6 Å². The normalized spacial score (nSPS) is 17.2. The highest BCUT2D eigenvalue weighted by atomic mass is 16.1. The number of hydrogen-bond donors (Lipinski definition) is 1. The molecule has 23 heavy (non-hydrogen) atoms. The van der Waals surface area contributed by atoms with Crippen molar-refractivity contribution in [3.05, 3.63) is 65.0 Å². The van der Waals surface area contributed by atoms with Crippen LogP contribution in [-0.2, 0) is 17.6 Å². The van der Waals surface area contributed by atoms with E-state index in [-0.39, 0.29) is 5.92 Å². The van der Waals surface area contributed by atoms with Gasteiger partial charge in [-0.25, -0.2) is 4.98 Å². The number of pyridine rings is 1. The highest BCUT2D eigenvalue weighted by molar-refractivity contribution is 5.94. The van der Waals surface area contributed by atoms with Crippen LogP contribution in [0.25, 0.3) is 11.0 Å². The lowest BCUT2D eigenvalue weighted by atomic mass is 9.80. The number of hydrogen-bond acceptors (Lipinski definition) is 2. The fraction of sp³-hybridized carbons (Fsp3) is 0.300. The van der Waals surface area contributed by atoms with Crippen molar-refractivity contribution in [2.45, 2.75) is 38.5 Å². The molecule has 0 bridgehead atoms. The van der Waals surface area contributed by atoms with E-state index in [0.29, 0.717) is 12.2 Å². The molecule has 1 N–H and O–H groups in total. The van der Waals surface area contributed by atoms with Crippen molar-refractivity contribution in [3.63, 3.8) is 0 Å². The molecule has 0 radical (unpaired) electrons. The van der Waals surface area contributed by atoms with Gasteiger partial charge >= 0.3 is 0 Å². The van der Waals surface area contributed by atoms with E-state index in [1.165, 1.54) is 16.8 Å². The summed E-state index contributed by atoms with van der Waals surface area (Å²) >= 11 is 0. The number of nitrogens with one attached hydrogen (secondary N) is 1. The van der Waals surface area contributed by atoms with Gasteiger partial charge in [-0.15, -0.1) is 0 Å². The Kier molecular flexibility index (Phi) is 3.49. The number of aryl methyl sites for hydroxylation is 2. The third-order valence-electron chi connectivity index (χ3n) is 4.97. The Morgan fingerprint density at radius 2 is 2.13 bits per heavy atom. The average Bonchev–Trinajstić information content (AvgIpc) is 2.95. The molecule has 0 spiro atoms. The van der Waals surface area contributed by atoms with E-state index in [2.05, 4.69) is 35.1 Å². The molecule has 3 nitrogen and oxygen atoms in total. The zero-order valence-corrected chi connectivity index (χ0v) is 13.3. The molecule has 1 aliphatic carbocycles. The van der Waals surface area contributed by atoms with E-state index in [9.17, 15) is 4.79 Å². The van der Waals surface area contributed by atoms with Crippen molar-refractivity contribution in [1.29, 1.82) is 0 Å². The summed E-state index contributed by atoms with van der Waals surface area (Å²) in [6.45, 7) is 2.07. The van der Waals surface area contributed by atoms with E-state index >= 15 is 0 Å². The molecule has 0 saturated heterocycles. The first-order valence-corrected chi connectivity index (χ1v) is 8.26. The number of aromatic nitrogens is 2. The first kappa shape index (κ1) is 14.2. The first-order valence-electron chi connectivity index (χ1n) is 8.26. The van der Waals surface area contributed by atoms with E-state index in [4.69, 9.17) is 0 Å². The van der Waals surface area contributed by atoms with Crippen LogP contribution in [0, 0.1) is 6.92 Å². The van der Waals surface area contributed by atoms with Gasteiger partial charge in [0.25, 0.3) is 0 Å². The number of aromatic amines is 1. The maximum Gasteiger partial charge on any atom is 0.144 e. The summed E-state index contributed by atoms with van der Waals surface area (Å²) in [6, 6.07) is 12.2. The number of H-pyrrole nitrogens is 1. The highest BCUT2D eigenvalue weighted by Gasteiger charge is 2.30. The molecule has 1 atom stereocenters. The Balaban J connectivity index is 1.71. The fourth-order valence-electron chi connectivity index (χ4n) is 3.76. The van der Waals surface area contributed by atoms with Crippen molar-refractivity contribution < 1.29 is 4.79 Å². The molecule has 0 amide bonds. The van der Waals surface area contributed by atoms with Crippen LogP contribution >= 0.6 is 0 Å². The summed E-state index contributed by atoms with van der Waals surface area (Å²) in [5, 5.41) is 1.12. The van der Waals surface area contributed by atoms with Crippen molar-refractivity contribution in [2.75, 3.05) is 0 Å². The molecule has 0 aliphatic heterocycles. The van der Waals surface area contributed by atoms with Crippen LogP contribution in [0.2, 0.25) is 0 Å². The molecule has 1 unspecified atom stereocenters. The van der Waals surface area contributed by atoms with Crippen molar-refractivity contribution in [3.8, 4) is 0 Å². The number of rotatable bonds is 3. The van der Waals surface area contributed by atoms with Crippen LogP contribution in [0.3, 0.4) is 0 Å². The lowest BCUT2D eigenvalue weighted by Gasteiger charge is -2.22. The Hall–Kier alpha value is -2.42. The SMILES string of the molecule is Cc1ccccc1CC(=O)C1CCCc2[nH]c3ncccc3c21. The number of ketones is 1. The third-order valence-corrected chi connectivity index (χ3v) is 4.97. The maximum atomic E-state index is 13.0. The van der Waals surface area contributed by atoms with Crippen LogP contribution in [0.1, 0.15) is 41.1 Å². The number of carbonyl (C=O) groups excluding carboxylic acids is 1. The Bertz CT molecular complexity index is 878. The molecule has 2 aromatic heterocycles. The summed E-state index contributed by atoms with van der Waals surface area (Å²) < 4.78 is 0. The lowest BCUT2D eigenvalue weighted by Crippen LogP contribution is -2.20. The summed E-state index contributed by atoms with van der Waals surface area (Å²) in [5.74, 6) is 0.321. The lowest BCUT2D eigenvalue weighted by molar-refractivity contribution is -0.120. The van der Waals surface area contributed by atoms with Gasteiger partial charge in [-0.05, 0) is 55.0 Å². The van der Waals surface area contributed by atoms with E-state index in [1.807, 2.05) is 18.2 Å². The standard InChI is InChI=1S/C20H20N2O/c1-13-6-2-3-7-14(13)12-18(23)15-8-4-10-17-19(15)16-9-5-11-21-20(16)22-17/h2-3,5-7,9,11,15H,4,8,10,12H2,1H3,(H,21,22). The fourth-order valence-corrected chi connectivity index (χ4v) is 3.76. The highest BCUT2D eigenvalue weighted by Crippen LogP contribution is 2.37. The molecule has 116 valence electrons. The average molecular weight is 304 g/mol. The first-order chi connectivity index (χ1) is 11.2. The third kappa shape index (κ3) is 2.46. The summed E-state index contributed by atoms with van der Waals surface area (Å²) in [4.78, 5) is 20.8. The minimum atomic E-state index is -0.00342. The minimum absolute atomic E-state index is 0.00342. The number of fused-ring (bicyclic) bond motifs is 3. The minimum Gasteiger partial charge on any atom is -0.343 e. The predicted octanol–water partition coefficient (Wildman–Crippen LogP) is 4.10. The zero-order chi connectivity index (χ0) is 15.8. The topological polar surface area (TPSA) is 45.8 Å². The monoisotopic (exact) mass is 304 g/mol. The molecule has 0 saturated carbocycles. The van der Waals surface area contributed by atoms with Crippen LogP contribution < -0.4 is 0 Å². The van der Waals surface area contributed by atoms with Crippen molar-refractivity contribution >= 4 is 16.8 Å². The van der Waals surface area contributed by atoms with Crippen molar-refractivity contribution in [2.24, 2.45) is 0 Å². The summed E-state index contributed by atoms with van der Waals surface area (Å²) in [6.07, 6.45) is 5.33. The van der Waals surface area contributed by atoms with Gasteiger partial charge < -0.3 is 4.98 Å². The second kappa shape index (κ2) is 5.65. The van der Waals surface area contributed by atoms with Crippen LogP contribution in [0.4, 0.5) is 0 Å². The van der Waals surface area contributed by atoms with Gasteiger partial charge in [0.05, 0.1) is 0 Å². The molecule has 0 fully saturated rings. The second-order valence-corrected chi connectivity index (χ2v) is 6.43. The van der Waals surface area contributed by atoms with Gasteiger partial charge in [0.1, 0.15) is 11.4 Å². The number of nitrogens with zero attached hydrogens (tertiary/aromatic N) is 1. The number of benzene rings is 1. The van der Waals surface area contributed by atoms with Crippen LogP contribution in [0.5, 0.6) is 0 Å². The largest absolute Gasteiger partial charge is 0.343 e. The van der Waals surface area contributed by atoms with Gasteiger partial charge in [0, 0.05) is 29.6 Å². The smallest absolute Gasteiger partial charge is 0.144 e. The molecule has 4 rings (SSSR count). The molecular formula is C20H20N2O. The summed E-state index contributed by atoms with van der Waals surface area (Å²) in [7, 11) is 0. The van der Waals surface area contributed by atoms with Gasteiger partial charge in [-0.1, -0.05) is 24.3 Å². The summed E-state index contributed by atoms with van der Waals surface area (Å²) in [5.41, 5.74) is 5.64. The molecule has 1 aromatic carbocycles. The molecular weight excluding hydrogens is 284 g/mol. The number of Topliss-reactive ketones (excluding diaryl/α,β-unsaturated/α-hetero) is 1. The Morgan fingerprint density at radius 3 is 3.00 bits per heavy atom. The quantitative estimate of drug-likeness (QED) is 0.791. The van der Waals surface area contributed by atoms with Gasteiger partial charge in [0.2, 0.25) is 0 Å². The van der Waals surface area contributed by atoms with Crippen molar-refractivity contribution in [1.82, 2.24) is 9.97 Å². The van der Waals surface area contributed by atoms with Gasteiger partial charge in [-0.3, -0.25) is 4.79 Å². The molecule has 1 aliphatic rings. The van der Waals surface area contributed by atoms with Gasteiger partial charge in [-0.2, -0.15) is 0 Å². The van der Waals surface area contributed by atoms with Gasteiger partial charge in [0.15, 0.2) is 0 Å². The maximum absolute atomic E-state index is 13.0. The Morgan fingerprint density at radius 1 is 1.26 bits per heavy atom. The van der Waals surface area contributed by atoms with E-state index in [1.54, 1.807) is 6.20 Å². The van der Waals surface area contributed by atoms with E-state index in [0.717, 1.165) is 35.9 Å².